The summed E-state index contributed by atoms with van der Waals surface area (Å²) in [5.41, 5.74) is 4.45. The van der Waals surface area contributed by atoms with E-state index in [9.17, 15) is 4.79 Å². The number of aromatic nitrogens is 1. The van der Waals surface area contributed by atoms with Crippen molar-refractivity contribution in [2.45, 2.75) is 13.3 Å². The molecule has 0 atom stereocenters. The molecule has 0 saturated carbocycles. The Labute approximate surface area is 124 Å². The van der Waals surface area contributed by atoms with E-state index in [1.54, 1.807) is 4.90 Å². The lowest BCUT2D eigenvalue weighted by Gasteiger charge is -2.23. The van der Waals surface area contributed by atoms with Crippen molar-refractivity contribution in [3.05, 3.63) is 64.5 Å². The molecule has 0 unspecified atom stereocenters. The van der Waals surface area contributed by atoms with Crippen LogP contribution in [-0.4, -0.2) is 29.4 Å². The van der Waals surface area contributed by atoms with Crippen LogP contribution in [0.4, 0.5) is 0 Å². The maximum atomic E-state index is 12.0. The van der Waals surface area contributed by atoms with Gasteiger partial charge in [0.05, 0.1) is 11.3 Å². The second-order valence-corrected chi connectivity index (χ2v) is 5.28. The number of amides is 1. The number of carbonyl (C=O) groups is 1. The van der Waals surface area contributed by atoms with Crippen molar-refractivity contribution >= 4 is 5.91 Å². The lowest BCUT2D eigenvalue weighted by molar-refractivity contribution is 0.0779. The Hall–Kier alpha value is -2.60. The summed E-state index contributed by atoms with van der Waals surface area (Å²) in [5.74, 6) is 6.22. The van der Waals surface area contributed by atoms with Crippen LogP contribution in [-0.2, 0) is 6.42 Å². The molecule has 0 aliphatic carbocycles. The highest BCUT2D eigenvalue weighted by molar-refractivity contribution is 5.96. The van der Waals surface area contributed by atoms with Gasteiger partial charge < -0.3 is 4.90 Å². The van der Waals surface area contributed by atoms with Crippen LogP contribution in [0.5, 0.6) is 0 Å². The molecule has 104 valence electrons. The first-order valence-electron chi connectivity index (χ1n) is 6.97. The first-order valence-corrected chi connectivity index (χ1v) is 6.97. The molecule has 3 heteroatoms. The van der Waals surface area contributed by atoms with Crippen LogP contribution in [0.3, 0.4) is 0 Å². The topological polar surface area (TPSA) is 33.2 Å². The molecular formula is C18H16N2O. The van der Waals surface area contributed by atoms with E-state index >= 15 is 0 Å². The monoisotopic (exact) mass is 276 g/mol. The van der Waals surface area contributed by atoms with Crippen molar-refractivity contribution in [2.24, 2.45) is 0 Å². The van der Waals surface area contributed by atoms with Gasteiger partial charge in [-0.3, -0.25) is 4.79 Å². The van der Waals surface area contributed by atoms with Crippen molar-refractivity contribution < 1.29 is 4.79 Å². The fraction of sp³-hybridized carbons (Fsp3) is 0.222. The smallest absolute Gasteiger partial charge is 0.255 e. The van der Waals surface area contributed by atoms with Crippen molar-refractivity contribution in [1.29, 1.82) is 0 Å². The third-order valence-electron chi connectivity index (χ3n) is 3.62. The van der Waals surface area contributed by atoms with Gasteiger partial charge in [0.2, 0.25) is 0 Å². The molecule has 2 heterocycles. The van der Waals surface area contributed by atoms with Crippen molar-refractivity contribution in [2.75, 3.05) is 13.6 Å². The van der Waals surface area contributed by atoms with E-state index in [0.29, 0.717) is 17.8 Å². The van der Waals surface area contributed by atoms with E-state index in [0.717, 1.165) is 17.7 Å². The van der Waals surface area contributed by atoms with Crippen LogP contribution in [0.25, 0.3) is 0 Å². The van der Waals surface area contributed by atoms with E-state index in [1.165, 1.54) is 5.56 Å². The van der Waals surface area contributed by atoms with E-state index in [1.807, 2.05) is 43.4 Å². The average Bonchev–Trinajstić information content (AvgIpc) is 2.50. The second-order valence-electron chi connectivity index (χ2n) is 5.28. The number of benzene rings is 1. The van der Waals surface area contributed by atoms with Crippen LogP contribution in [0.15, 0.2) is 36.4 Å². The second kappa shape index (κ2) is 5.41. The van der Waals surface area contributed by atoms with Gasteiger partial charge in [0.25, 0.3) is 5.91 Å². The quantitative estimate of drug-likeness (QED) is 0.692. The number of fused-ring (bicyclic) bond motifs is 1. The normalized spacial score (nSPS) is 13.4. The number of hydrogen-bond donors (Lipinski definition) is 0. The molecule has 0 N–H and O–H groups in total. The van der Waals surface area contributed by atoms with Crippen LogP contribution in [0.2, 0.25) is 0 Å². The fourth-order valence-electron chi connectivity index (χ4n) is 2.31. The molecule has 0 spiro atoms. The Kier molecular flexibility index (Phi) is 3.45. The highest BCUT2D eigenvalue weighted by Crippen LogP contribution is 2.16. The Morgan fingerprint density at radius 3 is 2.62 bits per heavy atom. The van der Waals surface area contributed by atoms with Gasteiger partial charge in [0, 0.05) is 25.6 Å². The van der Waals surface area contributed by atoms with Gasteiger partial charge in [-0.05, 0) is 37.1 Å². The fourth-order valence-corrected chi connectivity index (χ4v) is 2.31. The largest absolute Gasteiger partial charge is 0.341 e. The molecule has 0 fully saturated rings. The predicted molar refractivity (Wildman–Crippen MR) is 82.1 cm³/mol. The lowest BCUT2D eigenvalue weighted by atomic mass is 10.0. The highest BCUT2D eigenvalue weighted by atomic mass is 16.2. The van der Waals surface area contributed by atoms with E-state index in [4.69, 9.17) is 0 Å². The lowest BCUT2D eigenvalue weighted by Crippen LogP contribution is -2.34. The molecule has 1 aliphatic rings. The molecule has 3 nitrogen and oxygen atoms in total. The van der Waals surface area contributed by atoms with E-state index in [-0.39, 0.29) is 5.91 Å². The number of hydrogen-bond acceptors (Lipinski definition) is 2. The molecule has 1 aliphatic heterocycles. The summed E-state index contributed by atoms with van der Waals surface area (Å²) in [6, 6.07) is 11.7. The molecule has 0 saturated heterocycles. The highest BCUT2D eigenvalue weighted by Gasteiger charge is 2.22. The van der Waals surface area contributed by atoms with Crippen molar-refractivity contribution in [1.82, 2.24) is 9.88 Å². The van der Waals surface area contributed by atoms with Crippen LogP contribution < -0.4 is 0 Å². The molecular weight excluding hydrogens is 260 g/mol. The third kappa shape index (κ3) is 2.80. The Morgan fingerprint density at radius 1 is 1.10 bits per heavy atom. The summed E-state index contributed by atoms with van der Waals surface area (Å²) in [6.45, 7) is 2.77. The molecule has 21 heavy (non-hydrogen) atoms. The molecule has 0 radical (unpaired) electrons. The van der Waals surface area contributed by atoms with E-state index in [2.05, 4.69) is 23.7 Å². The summed E-state index contributed by atoms with van der Waals surface area (Å²) in [4.78, 5) is 18.2. The molecule has 0 bridgehead atoms. The minimum Gasteiger partial charge on any atom is -0.341 e. The number of pyridine rings is 1. The Bertz CT molecular complexity index is 751. The summed E-state index contributed by atoms with van der Waals surface area (Å²) >= 11 is 0. The van der Waals surface area contributed by atoms with Crippen LogP contribution in [0, 0.1) is 18.8 Å². The summed E-state index contributed by atoms with van der Waals surface area (Å²) < 4.78 is 0. The minimum absolute atomic E-state index is 0.0433. The average molecular weight is 276 g/mol. The molecule has 3 rings (SSSR count). The Morgan fingerprint density at radius 2 is 1.86 bits per heavy atom. The third-order valence-corrected chi connectivity index (χ3v) is 3.62. The maximum absolute atomic E-state index is 12.0. The van der Waals surface area contributed by atoms with Gasteiger partial charge in [-0.1, -0.05) is 23.6 Å². The van der Waals surface area contributed by atoms with Crippen molar-refractivity contribution in [3.63, 3.8) is 0 Å². The first kappa shape index (κ1) is 13.4. The zero-order valence-corrected chi connectivity index (χ0v) is 12.2. The van der Waals surface area contributed by atoms with Crippen molar-refractivity contribution in [3.8, 4) is 11.8 Å². The molecule has 1 aromatic heterocycles. The maximum Gasteiger partial charge on any atom is 0.255 e. The summed E-state index contributed by atoms with van der Waals surface area (Å²) in [6.07, 6.45) is 0.789. The van der Waals surface area contributed by atoms with Crippen LogP contribution in [0.1, 0.15) is 32.9 Å². The minimum atomic E-state index is 0.0433. The predicted octanol–water partition coefficient (Wildman–Crippen LogP) is 2.42. The summed E-state index contributed by atoms with van der Waals surface area (Å²) in [7, 11) is 1.82. The number of aryl methyl sites for hydroxylation is 1. The van der Waals surface area contributed by atoms with Crippen LogP contribution >= 0.6 is 0 Å². The number of nitrogens with zero attached hydrogens (tertiary/aromatic N) is 2. The van der Waals surface area contributed by atoms with Gasteiger partial charge >= 0.3 is 0 Å². The summed E-state index contributed by atoms with van der Waals surface area (Å²) in [5, 5.41) is 0. The van der Waals surface area contributed by atoms with Gasteiger partial charge in [0.15, 0.2) is 0 Å². The number of likely N-dealkylation sites (N-methyl/N-ethyl adjacent to an activating group) is 1. The van der Waals surface area contributed by atoms with E-state index < -0.39 is 0 Å². The first-order chi connectivity index (χ1) is 10.1. The van der Waals surface area contributed by atoms with Gasteiger partial charge in [-0.2, -0.15) is 0 Å². The molecule has 2 aromatic rings. The Balaban J connectivity index is 1.88. The van der Waals surface area contributed by atoms with Gasteiger partial charge in [-0.15, -0.1) is 0 Å². The zero-order chi connectivity index (χ0) is 14.8. The standard InChI is InChI=1S/C18H16N2O/c1-13-3-5-14(6-4-13)7-8-15-9-10-16-17(19-15)11-12-20(2)18(16)21/h3-6,9-10H,11-12H2,1-2H3. The van der Waals surface area contributed by atoms with Gasteiger partial charge in [-0.25, -0.2) is 4.98 Å². The SMILES string of the molecule is Cc1ccc(C#Cc2ccc3c(n2)CCN(C)C3=O)cc1. The molecule has 1 amide bonds. The number of carbonyl (C=O) groups excluding carboxylic acids is 1. The number of rotatable bonds is 0. The molecule has 1 aromatic carbocycles. The zero-order valence-electron chi connectivity index (χ0n) is 12.2. The van der Waals surface area contributed by atoms with Gasteiger partial charge in [0.1, 0.15) is 5.69 Å².